The van der Waals surface area contributed by atoms with Crippen LogP contribution in [0.3, 0.4) is 0 Å². The zero-order valence-corrected chi connectivity index (χ0v) is 9.85. The SMILES string of the molecule is c1cnc([Si]OCC2CCCCC2)cn1. The molecule has 0 amide bonds. The molecule has 0 unspecified atom stereocenters. The second-order valence-corrected chi connectivity index (χ2v) is 5.01. The minimum absolute atomic E-state index is 0.355. The first kappa shape index (κ1) is 10.8. The molecule has 1 saturated carbocycles. The Labute approximate surface area is 93.2 Å². The Morgan fingerprint density at radius 2 is 2.13 bits per heavy atom. The van der Waals surface area contributed by atoms with E-state index in [1.54, 1.807) is 18.6 Å². The predicted molar refractivity (Wildman–Crippen MR) is 59.9 cm³/mol. The maximum atomic E-state index is 5.68. The molecule has 1 aliphatic carbocycles. The van der Waals surface area contributed by atoms with Crippen molar-refractivity contribution in [3.8, 4) is 0 Å². The van der Waals surface area contributed by atoms with Crippen molar-refractivity contribution in [2.45, 2.75) is 32.1 Å². The standard InChI is InChI=1S/C11H16N2OSi/c1-2-4-10(5-3-1)9-14-15-11-8-12-6-7-13-11/h6-8,10H,1-5,9H2. The summed E-state index contributed by atoms with van der Waals surface area (Å²) in [6, 6.07) is 0. The van der Waals surface area contributed by atoms with Gasteiger partial charge in [-0.25, -0.2) is 0 Å². The first-order valence-electron chi connectivity index (χ1n) is 5.59. The van der Waals surface area contributed by atoms with E-state index in [0.717, 1.165) is 17.8 Å². The lowest BCUT2D eigenvalue weighted by atomic mass is 9.90. The van der Waals surface area contributed by atoms with Crippen molar-refractivity contribution >= 4 is 15.1 Å². The van der Waals surface area contributed by atoms with Gasteiger partial charge in [0.15, 0.2) is 0 Å². The van der Waals surface area contributed by atoms with Gasteiger partial charge in [0.2, 0.25) is 0 Å². The molecule has 2 rings (SSSR count). The molecule has 0 saturated heterocycles. The fraction of sp³-hybridized carbons (Fsp3) is 0.636. The second kappa shape index (κ2) is 5.98. The first-order valence-corrected chi connectivity index (χ1v) is 6.50. The van der Waals surface area contributed by atoms with Crippen LogP contribution in [-0.4, -0.2) is 26.3 Å². The molecule has 15 heavy (non-hydrogen) atoms. The van der Waals surface area contributed by atoms with Crippen LogP contribution in [-0.2, 0) is 4.43 Å². The molecule has 0 N–H and O–H groups in total. The van der Waals surface area contributed by atoms with Crippen molar-refractivity contribution in [1.29, 1.82) is 0 Å². The number of hydrogen-bond acceptors (Lipinski definition) is 3. The zero-order valence-electron chi connectivity index (χ0n) is 8.85. The van der Waals surface area contributed by atoms with Crippen molar-refractivity contribution in [1.82, 2.24) is 9.97 Å². The minimum atomic E-state index is 0.355. The molecule has 1 fully saturated rings. The van der Waals surface area contributed by atoms with Crippen LogP contribution in [0.15, 0.2) is 18.6 Å². The lowest BCUT2D eigenvalue weighted by molar-refractivity contribution is 0.218. The van der Waals surface area contributed by atoms with Gasteiger partial charge in [0.25, 0.3) is 9.76 Å². The first-order chi connectivity index (χ1) is 7.45. The van der Waals surface area contributed by atoms with E-state index in [1.807, 2.05) is 0 Å². The van der Waals surface area contributed by atoms with Crippen LogP contribution in [0, 0.1) is 5.92 Å². The summed E-state index contributed by atoms with van der Waals surface area (Å²) in [5.74, 6) is 0.780. The molecule has 1 aromatic rings. The summed E-state index contributed by atoms with van der Waals surface area (Å²) < 4.78 is 5.68. The van der Waals surface area contributed by atoms with Gasteiger partial charge in [0, 0.05) is 25.2 Å². The second-order valence-electron chi connectivity index (χ2n) is 4.01. The van der Waals surface area contributed by atoms with Crippen LogP contribution < -0.4 is 5.32 Å². The van der Waals surface area contributed by atoms with Gasteiger partial charge in [-0.05, 0) is 18.8 Å². The topological polar surface area (TPSA) is 35.0 Å². The molecule has 1 heterocycles. The Balaban J connectivity index is 1.66. The third-order valence-corrected chi connectivity index (χ3v) is 3.56. The molecule has 1 aromatic heterocycles. The number of hydrogen-bond donors (Lipinski definition) is 0. The Bertz CT molecular complexity index is 275. The molecule has 1 aliphatic rings. The average Bonchev–Trinajstić information content (AvgIpc) is 2.32. The highest BCUT2D eigenvalue weighted by Gasteiger charge is 2.13. The van der Waals surface area contributed by atoms with Gasteiger partial charge in [0.1, 0.15) is 0 Å². The van der Waals surface area contributed by atoms with Crippen molar-refractivity contribution in [3.63, 3.8) is 0 Å². The molecule has 3 nitrogen and oxygen atoms in total. The van der Waals surface area contributed by atoms with Crippen molar-refractivity contribution in [3.05, 3.63) is 18.6 Å². The van der Waals surface area contributed by atoms with E-state index >= 15 is 0 Å². The monoisotopic (exact) mass is 220 g/mol. The molecule has 4 heteroatoms. The smallest absolute Gasteiger partial charge is 0.292 e. The zero-order chi connectivity index (χ0) is 10.3. The summed E-state index contributed by atoms with van der Waals surface area (Å²) >= 11 is 0. The van der Waals surface area contributed by atoms with Crippen LogP contribution in [0.4, 0.5) is 0 Å². The Hall–Kier alpha value is -0.743. The molecular weight excluding hydrogens is 204 g/mol. The van der Waals surface area contributed by atoms with Gasteiger partial charge in [-0.2, -0.15) is 0 Å². The van der Waals surface area contributed by atoms with Crippen molar-refractivity contribution < 1.29 is 4.43 Å². The molecule has 0 aromatic carbocycles. The third kappa shape index (κ3) is 3.72. The van der Waals surface area contributed by atoms with Crippen LogP contribution in [0.25, 0.3) is 0 Å². The predicted octanol–water partition coefficient (Wildman–Crippen LogP) is 1.32. The summed E-state index contributed by atoms with van der Waals surface area (Å²) in [5.41, 5.74) is 0. The fourth-order valence-electron chi connectivity index (χ4n) is 1.94. The number of rotatable bonds is 4. The lowest BCUT2D eigenvalue weighted by Gasteiger charge is -2.20. The molecule has 0 atom stereocenters. The molecular formula is C11H16N2OSi. The quantitative estimate of drug-likeness (QED) is 0.718. The van der Waals surface area contributed by atoms with E-state index in [0.29, 0.717) is 9.76 Å². The van der Waals surface area contributed by atoms with E-state index in [2.05, 4.69) is 9.97 Å². The van der Waals surface area contributed by atoms with Crippen LogP contribution in [0.1, 0.15) is 32.1 Å². The normalized spacial score (nSPS) is 17.9. The summed E-state index contributed by atoms with van der Waals surface area (Å²) in [4.78, 5) is 8.20. The maximum absolute atomic E-state index is 5.68. The highest BCUT2D eigenvalue weighted by molar-refractivity contribution is 6.45. The Morgan fingerprint density at radius 3 is 2.87 bits per heavy atom. The maximum Gasteiger partial charge on any atom is 0.292 e. The number of aromatic nitrogens is 2. The van der Waals surface area contributed by atoms with Crippen molar-refractivity contribution in [2.24, 2.45) is 5.92 Å². The highest BCUT2D eigenvalue weighted by Crippen LogP contribution is 2.23. The van der Waals surface area contributed by atoms with Gasteiger partial charge < -0.3 is 4.43 Å². The van der Waals surface area contributed by atoms with E-state index < -0.39 is 0 Å². The molecule has 2 radical (unpaired) electrons. The summed E-state index contributed by atoms with van der Waals surface area (Å²) in [6.07, 6.45) is 12.0. The van der Waals surface area contributed by atoms with Gasteiger partial charge in [-0.15, -0.1) is 0 Å². The largest absolute Gasteiger partial charge is 0.410 e. The Morgan fingerprint density at radius 1 is 1.27 bits per heavy atom. The van der Waals surface area contributed by atoms with Crippen LogP contribution >= 0.6 is 0 Å². The molecule has 0 bridgehead atoms. The van der Waals surface area contributed by atoms with E-state index in [4.69, 9.17) is 4.43 Å². The molecule has 80 valence electrons. The summed E-state index contributed by atoms with van der Waals surface area (Å²) in [5, 5.41) is 0.952. The lowest BCUT2D eigenvalue weighted by Crippen LogP contribution is -2.24. The van der Waals surface area contributed by atoms with Gasteiger partial charge in [-0.3, -0.25) is 9.97 Å². The minimum Gasteiger partial charge on any atom is -0.410 e. The fourth-order valence-corrected chi connectivity index (χ4v) is 2.66. The van der Waals surface area contributed by atoms with Gasteiger partial charge >= 0.3 is 0 Å². The Kier molecular flexibility index (Phi) is 4.29. The number of nitrogens with zero attached hydrogens (tertiary/aromatic N) is 2. The molecule has 0 spiro atoms. The van der Waals surface area contributed by atoms with E-state index in [-0.39, 0.29) is 0 Å². The molecule has 0 aliphatic heterocycles. The van der Waals surface area contributed by atoms with E-state index in [1.165, 1.54) is 32.1 Å². The summed E-state index contributed by atoms with van der Waals surface area (Å²) in [6.45, 7) is 0.898. The van der Waals surface area contributed by atoms with Gasteiger partial charge in [0.05, 0.1) is 5.32 Å². The van der Waals surface area contributed by atoms with Crippen LogP contribution in [0.5, 0.6) is 0 Å². The van der Waals surface area contributed by atoms with Gasteiger partial charge in [-0.1, -0.05) is 19.3 Å². The third-order valence-electron chi connectivity index (χ3n) is 2.78. The summed E-state index contributed by atoms with van der Waals surface area (Å²) in [7, 11) is 0.355. The van der Waals surface area contributed by atoms with E-state index in [9.17, 15) is 0 Å². The average molecular weight is 220 g/mol. The highest BCUT2D eigenvalue weighted by atomic mass is 28.2. The van der Waals surface area contributed by atoms with Crippen molar-refractivity contribution in [2.75, 3.05) is 6.61 Å². The van der Waals surface area contributed by atoms with Crippen LogP contribution in [0.2, 0.25) is 0 Å².